The topological polar surface area (TPSA) is 37.3 Å². The van der Waals surface area contributed by atoms with Crippen LogP contribution in [-0.4, -0.2) is 19.1 Å². The average Bonchev–Trinajstić information content (AvgIpc) is 2.77. The zero-order valence-electron chi connectivity index (χ0n) is 21.1. The molecule has 0 amide bonds. The van der Waals surface area contributed by atoms with E-state index in [1.54, 1.807) is 12.1 Å². The van der Waals surface area contributed by atoms with Crippen molar-refractivity contribution in [2.45, 2.75) is 52.2 Å². The molecule has 0 spiro atoms. The van der Waals surface area contributed by atoms with Gasteiger partial charge in [-0.25, -0.2) is 4.79 Å². The summed E-state index contributed by atoms with van der Waals surface area (Å²) < 4.78 is 0. The lowest BCUT2D eigenvalue weighted by Crippen LogP contribution is -2.23. The Hall–Kier alpha value is -3.17. The second-order valence-corrected chi connectivity index (χ2v) is 16.1. The van der Waals surface area contributed by atoms with Gasteiger partial charge >= 0.3 is 5.97 Å². The van der Waals surface area contributed by atoms with E-state index in [0.29, 0.717) is 5.56 Å². The Morgan fingerprint density at radius 3 is 2.12 bits per heavy atom. The average molecular weight is 467 g/mol. The van der Waals surface area contributed by atoms with Crippen molar-refractivity contribution < 1.29 is 9.90 Å². The standard InChI is InChI=1S/C31H34O2Si/c1-21-7-10-23(11-8-21)26-17-18-31(2,3)28-16-9-22(19-27(26)28)20-29(34(4,5)6)24-12-14-25(15-13-24)30(32)33/h7-17,19-20H,18H2,1-6H3,(H,32,33)/b29-20-. The van der Waals surface area contributed by atoms with Gasteiger partial charge in [0.15, 0.2) is 0 Å². The third-order valence-corrected chi connectivity index (χ3v) is 8.85. The van der Waals surface area contributed by atoms with E-state index in [0.717, 1.165) is 12.0 Å². The molecule has 0 aliphatic heterocycles. The Balaban J connectivity index is 1.83. The van der Waals surface area contributed by atoms with Gasteiger partial charge in [-0.05, 0) is 70.3 Å². The molecule has 1 aliphatic carbocycles. The van der Waals surface area contributed by atoms with Gasteiger partial charge in [-0.3, -0.25) is 0 Å². The molecule has 0 heterocycles. The van der Waals surface area contributed by atoms with Crippen LogP contribution in [0.25, 0.3) is 16.8 Å². The van der Waals surface area contributed by atoms with Crippen molar-refractivity contribution >= 4 is 30.9 Å². The fourth-order valence-corrected chi connectivity index (χ4v) is 6.37. The van der Waals surface area contributed by atoms with Gasteiger partial charge in [0, 0.05) is 0 Å². The van der Waals surface area contributed by atoms with Gasteiger partial charge in [0.25, 0.3) is 0 Å². The molecule has 3 aromatic carbocycles. The Labute approximate surface area is 204 Å². The van der Waals surface area contributed by atoms with Crippen molar-refractivity contribution in [2.24, 2.45) is 0 Å². The Bertz CT molecular complexity index is 1280. The molecule has 0 aromatic heterocycles. The normalized spacial score (nSPS) is 15.5. The number of carboxylic acid groups (broad SMARTS) is 1. The van der Waals surface area contributed by atoms with Crippen molar-refractivity contribution in [3.8, 4) is 0 Å². The number of carboxylic acids is 1. The molecule has 0 saturated carbocycles. The molecule has 0 saturated heterocycles. The maximum absolute atomic E-state index is 11.3. The minimum Gasteiger partial charge on any atom is -0.478 e. The van der Waals surface area contributed by atoms with E-state index < -0.39 is 14.0 Å². The van der Waals surface area contributed by atoms with Crippen molar-refractivity contribution in [3.63, 3.8) is 0 Å². The zero-order chi connectivity index (χ0) is 24.7. The second kappa shape index (κ2) is 8.88. The highest BCUT2D eigenvalue weighted by Gasteiger charge is 2.29. The van der Waals surface area contributed by atoms with Crippen LogP contribution >= 0.6 is 0 Å². The molecule has 34 heavy (non-hydrogen) atoms. The van der Waals surface area contributed by atoms with Crippen LogP contribution in [0.15, 0.2) is 72.8 Å². The van der Waals surface area contributed by atoms with Crippen LogP contribution in [0.4, 0.5) is 0 Å². The highest BCUT2D eigenvalue weighted by molar-refractivity contribution is 6.94. The fourth-order valence-electron chi connectivity index (χ4n) is 4.74. The minimum absolute atomic E-state index is 0.0973. The molecular formula is C31H34O2Si. The van der Waals surface area contributed by atoms with Gasteiger partial charge in [0.2, 0.25) is 0 Å². The first-order chi connectivity index (χ1) is 16.0. The summed E-state index contributed by atoms with van der Waals surface area (Å²) in [5, 5.41) is 10.6. The van der Waals surface area contributed by atoms with Crippen molar-refractivity contribution in [1.82, 2.24) is 0 Å². The quantitative estimate of drug-likeness (QED) is 0.304. The van der Waals surface area contributed by atoms with Gasteiger partial charge in [-0.15, -0.1) is 0 Å². The molecule has 174 valence electrons. The first-order valence-corrected chi connectivity index (χ1v) is 15.4. The summed E-state index contributed by atoms with van der Waals surface area (Å²) in [5.41, 5.74) is 9.26. The molecule has 2 nitrogen and oxygen atoms in total. The number of hydrogen-bond donors (Lipinski definition) is 1. The molecule has 0 radical (unpaired) electrons. The number of hydrogen-bond acceptors (Lipinski definition) is 1. The number of carbonyl (C=O) groups is 1. The molecule has 0 unspecified atom stereocenters. The third-order valence-electron chi connectivity index (χ3n) is 6.80. The summed E-state index contributed by atoms with van der Waals surface area (Å²) in [6.45, 7) is 13.8. The van der Waals surface area contributed by atoms with Crippen LogP contribution in [0.3, 0.4) is 0 Å². The van der Waals surface area contributed by atoms with Gasteiger partial charge in [-0.1, -0.05) is 105 Å². The number of aromatic carboxylic acids is 1. The number of aryl methyl sites for hydroxylation is 1. The molecule has 3 heteroatoms. The lowest BCUT2D eigenvalue weighted by atomic mass is 9.72. The summed E-state index contributed by atoms with van der Waals surface area (Å²) in [6.07, 6.45) is 5.73. The van der Waals surface area contributed by atoms with Crippen LogP contribution in [-0.2, 0) is 5.41 Å². The third kappa shape index (κ3) is 4.85. The van der Waals surface area contributed by atoms with E-state index in [2.05, 4.69) is 95.0 Å². The van der Waals surface area contributed by atoms with Crippen molar-refractivity contribution in [2.75, 3.05) is 0 Å². The van der Waals surface area contributed by atoms with Gasteiger partial charge in [0.1, 0.15) is 0 Å². The van der Waals surface area contributed by atoms with E-state index in [-0.39, 0.29) is 5.41 Å². The first-order valence-electron chi connectivity index (χ1n) is 11.9. The number of fused-ring (bicyclic) bond motifs is 1. The summed E-state index contributed by atoms with van der Waals surface area (Å²) in [5.74, 6) is -0.891. The summed E-state index contributed by atoms with van der Waals surface area (Å²) in [7, 11) is -1.71. The van der Waals surface area contributed by atoms with E-state index >= 15 is 0 Å². The Morgan fingerprint density at radius 2 is 1.53 bits per heavy atom. The van der Waals surface area contributed by atoms with Gasteiger partial charge < -0.3 is 5.11 Å². The summed E-state index contributed by atoms with van der Waals surface area (Å²) >= 11 is 0. The minimum atomic E-state index is -1.71. The highest BCUT2D eigenvalue weighted by atomic mass is 28.3. The van der Waals surface area contributed by atoms with Gasteiger partial charge in [0.05, 0.1) is 13.6 Å². The second-order valence-electron chi connectivity index (χ2n) is 11.1. The van der Waals surface area contributed by atoms with Crippen molar-refractivity contribution in [1.29, 1.82) is 0 Å². The maximum Gasteiger partial charge on any atom is 0.335 e. The van der Waals surface area contributed by atoms with E-state index in [4.69, 9.17) is 0 Å². The lowest BCUT2D eigenvalue weighted by molar-refractivity contribution is 0.0697. The zero-order valence-corrected chi connectivity index (χ0v) is 22.1. The Kier molecular flexibility index (Phi) is 6.26. The highest BCUT2D eigenvalue weighted by Crippen LogP contribution is 2.42. The fraction of sp³-hybridized carbons (Fsp3) is 0.258. The van der Waals surface area contributed by atoms with Crippen LogP contribution < -0.4 is 0 Å². The number of rotatable bonds is 5. The maximum atomic E-state index is 11.3. The SMILES string of the molecule is Cc1ccc(C2=CCC(C)(C)c3ccc(/C=C(/c4ccc(C(=O)O)cc4)[Si](C)(C)C)cc32)cc1. The molecule has 1 aliphatic rings. The van der Waals surface area contributed by atoms with Crippen LogP contribution in [0.5, 0.6) is 0 Å². The predicted molar refractivity (Wildman–Crippen MR) is 147 cm³/mol. The van der Waals surface area contributed by atoms with E-state index in [9.17, 15) is 9.90 Å². The number of allylic oxidation sites excluding steroid dienone is 1. The van der Waals surface area contributed by atoms with Crippen LogP contribution in [0, 0.1) is 6.92 Å². The monoisotopic (exact) mass is 466 g/mol. The smallest absolute Gasteiger partial charge is 0.335 e. The van der Waals surface area contributed by atoms with E-state index in [1.807, 2.05) is 12.1 Å². The molecule has 0 atom stereocenters. The summed E-state index contributed by atoms with van der Waals surface area (Å²) in [4.78, 5) is 11.3. The number of benzene rings is 3. The van der Waals surface area contributed by atoms with Gasteiger partial charge in [-0.2, -0.15) is 0 Å². The molecule has 0 fully saturated rings. The molecule has 4 rings (SSSR count). The lowest BCUT2D eigenvalue weighted by Gasteiger charge is -2.33. The first kappa shape index (κ1) is 24.0. The molecule has 3 aromatic rings. The van der Waals surface area contributed by atoms with Crippen LogP contribution in [0.1, 0.15) is 64.0 Å². The largest absolute Gasteiger partial charge is 0.478 e. The Morgan fingerprint density at radius 1 is 0.912 bits per heavy atom. The summed E-state index contributed by atoms with van der Waals surface area (Å²) in [6, 6.07) is 23.0. The molecule has 1 N–H and O–H groups in total. The van der Waals surface area contributed by atoms with E-state index in [1.165, 1.54) is 38.6 Å². The molecular weight excluding hydrogens is 432 g/mol. The molecule has 0 bridgehead atoms. The van der Waals surface area contributed by atoms with Crippen LogP contribution in [0.2, 0.25) is 19.6 Å². The predicted octanol–water partition coefficient (Wildman–Crippen LogP) is 8.22. The van der Waals surface area contributed by atoms with Crippen molar-refractivity contribution in [3.05, 3.63) is 112 Å².